The summed E-state index contributed by atoms with van der Waals surface area (Å²) in [5, 5.41) is 3.03. The van der Waals surface area contributed by atoms with Crippen molar-refractivity contribution in [2.24, 2.45) is 10.7 Å². The van der Waals surface area contributed by atoms with Crippen molar-refractivity contribution < 1.29 is 8.42 Å². The first-order chi connectivity index (χ1) is 9.90. The summed E-state index contributed by atoms with van der Waals surface area (Å²) in [6, 6.07) is 13.9. The molecule has 0 spiro atoms. The molecule has 110 valence electrons. The van der Waals surface area contributed by atoms with Gasteiger partial charge in [0.15, 0.2) is 9.84 Å². The molecule has 0 bridgehead atoms. The summed E-state index contributed by atoms with van der Waals surface area (Å²) in [6.07, 6.45) is 1.17. The highest BCUT2D eigenvalue weighted by Crippen LogP contribution is 2.18. The van der Waals surface area contributed by atoms with Crippen molar-refractivity contribution in [2.45, 2.75) is 4.90 Å². The second-order valence-electron chi connectivity index (χ2n) is 4.59. The first-order valence-electron chi connectivity index (χ1n) is 6.32. The van der Waals surface area contributed by atoms with Crippen molar-refractivity contribution in [3.05, 3.63) is 54.1 Å². The van der Waals surface area contributed by atoms with Gasteiger partial charge in [0.25, 0.3) is 0 Å². The molecule has 0 amide bonds. The largest absolute Gasteiger partial charge is 0.388 e. The molecule has 0 fully saturated rings. The molecule has 0 saturated heterocycles. The smallest absolute Gasteiger partial charge is 0.175 e. The first kappa shape index (κ1) is 15.1. The summed E-state index contributed by atoms with van der Waals surface area (Å²) >= 11 is 0. The summed E-state index contributed by atoms with van der Waals surface area (Å²) in [5.41, 5.74) is 8.33. The molecule has 0 aliphatic carbocycles. The zero-order valence-corrected chi connectivity index (χ0v) is 12.7. The van der Waals surface area contributed by atoms with Crippen molar-refractivity contribution in [2.75, 3.05) is 18.6 Å². The molecule has 0 aliphatic heterocycles. The van der Waals surface area contributed by atoms with E-state index >= 15 is 0 Å². The van der Waals surface area contributed by atoms with Crippen LogP contribution in [0.3, 0.4) is 0 Å². The van der Waals surface area contributed by atoms with E-state index in [-0.39, 0.29) is 4.90 Å². The molecule has 6 heteroatoms. The van der Waals surface area contributed by atoms with Crippen LogP contribution in [-0.2, 0) is 9.84 Å². The Balaban J connectivity index is 2.30. The third-order valence-electron chi connectivity index (χ3n) is 2.96. The Morgan fingerprint density at radius 2 is 1.81 bits per heavy atom. The van der Waals surface area contributed by atoms with E-state index in [9.17, 15) is 8.42 Å². The number of nitrogens with one attached hydrogen (secondary N) is 1. The topological polar surface area (TPSA) is 84.5 Å². The minimum atomic E-state index is -3.20. The number of aliphatic imine (C=N–C) groups is 1. The van der Waals surface area contributed by atoms with Crippen LogP contribution in [0, 0.1) is 0 Å². The highest BCUT2D eigenvalue weighted by Gasteiger charge is 2.06. The number of hydrogen-bond acceptors (Lipinski definition) is 4. The van der Waals surface area contributed by atoms with Gasteiger partial charge in [0.05, 0.1) is 10.6 Å². The number of nitrogens with two attached hydrogens (primary N) is 1. The zero-order valence-electron chi connectivity index (χ0n) is 11.9. The molecule has 0 heterocycles. The minimum Gasteiger partial charge on any atom is -0.388 e. The molecule has 2 aromatic rings. The quantitative estimate of drug-likeness (QED) is 0.669. The Labute approximate surface area is 124 Å². The number of anilines is 1. The predicted molar refractivity (Wildman–Crippen MR) is 85.9 cm³/mol. The Morgan fingerprint density at radius 3 is 2.38 bits per heavy atom. The predicted octanol–water partition coefficient (Wildman–Crippen LogP) is 2.17. The van der Waals surface area contributed by atoms with Gasteiger partial charge in [-0.05, 0) is 36.4 Å². The summed E-state index contributed by atoms with van der Waals surface area (Å²) in [5.74, 6) is 0.374. The monoisotopic (exact) mass is 303 g/mol. The number of hydrogen-bond donors (Lipinski definition) is 2. The first-order valence-corrected chi connectivity index (χ1v) is 8.22. The molecule has 3 N–H and O–H groups in total. The van der Waals surface area contributed by atoms with Crippen LogP contribution in [0.1, 0.15) is 5.56 Å². The van der Waals surface area contributed by atoms with Crippen molar-refractivity contribution in [1.82, 2.24) is 0 Å². The average molecular weight is 303 g/mol. The van der Waals surface area contributed by atoms with Gasteiger partial charge < -0.3 is 11.1 Å². The van der Waals surface area contributed by atoms with E-state index < -0.39 is 9.84 Å². The van der Waals surface area contributed by atoms with Crippen LogP contribution in [0.15, 0.2) is 58.4 Å². The Bertz CT molecular complexity index is 766. The van der Waals surface area contributed by atoms with E-state index in [1.807, 2.05) is 31.3 Å². The lowest BCUT2D eigenvalue weighted by Gasteiger charge is -2.05. The molecule has 0 aliphatic rings. The molecule has 0 atom stereocenters. The zero-order chi connectivity index (χ0) is 15.5. The SMILES string of the molecule is CNc1cccc(C(N)=Nc2ccc(S(C)(=O)=O)cc2)c1. The van der Waals surface area contributed by atoms with Gasteiger partial charge in [-0.25, -0.2) is 13.4 Å². The maximum absolute atomic E-state index is 11.4. The lowest BCUT2D eigenvalue weighted by molar-refractivity contribution is 0.602. The number of nitrogens with zero attached hydrogens (tertiary/aromatic N) is 1. The van der Waals surface area contributed by atoms with Crippen LogP contribution >= 0.6 is 0 Å². The van der Waals surface area contributed by atoms with E-state index in [4.69, 9.17) is 5.73 Å². The van der Waals surface area contributed by atoms with E-state index in [1.54, 1.807) is 12.1 Å². The third-order valence-corrected chi connectivity index (χ3v) is 4.09. The van der Waals surface area contributed by atoms with Crippen molar-refractivity contribution in [3.63, 3.8) is 0 Å². The fourth-order valence-electron chi connectivity index (χ4n) is 1.81. The maximum atomic E-state index is 11.4. The van der Waals surface area contributed by atoms with Gasteiger partial charge in [-0.1, -0.05) is 12.1 Å². The van der Waals surface area contributed by atoms with Crippen LogP contribution in [0.25, 0.3) is 0 Å². The summed E-state index contributed by atoms with van der Waals surface area (Å²) < 4.78 is 22.8. The van der Waals surface area contributed by atoms with E-state index in [1.165, 1.54) is 18.4 Å². The van der Waals surface area contributed by atoms with Gasteiger partial charge >= 0.3 is 0 Å². The van der Waals surface area contributed by atoms with E-state index in [2.05, 4.69) is 10.3 Å². The maximum Gasteiger partial charge on any atom is 0.175 e. The number of benzene rings is 2. The van der Waals surface area contributed by atoms with Gasteiger partial charge in [0, 0.05) is 24.6 Å². The molecule has 2 aromatic carbocycles. The molecule has 0 radical (unpaired) electrons. The number of amidine groups is 1. The number of sulfone groups is 1. The average Bonchev–Trinajstić information content (AvgIpc) is 2.47. The van der Waals surface area contributed by atoms with Crippen LogP contribution in [0.5, 0.6) is 0 Å². The molecular weight excluding hydrogens is 286 g/mol. The minimum absolute atomic E-state index is 0.261. The van der Waals surface area contributed by atoms with Crippen LogP contribution in [0.2, 0.25) is 0 Å². The second-order valence-corrected chi connectivity index (χ2v) is 6.61. The molecule has 5 nitrogen and oxygen atoms in total. The Morgan fingerprint density at radius 1 is 1.14 bits per heavy atom. The van der Waals surface area contributed by atoms with Gasteiger partial charge in [-0.15, -0.1) is 0 Å². The van der Waals surface area contributed by atoms with Crippen LogP contribution < -0.4 is 11.1 Å². The van der Waals surface area contributed by atoms with Gasteiger partial charge in [0.1, 0.15) is 5.84 Å². The van der Waals surface area contributed by atoms with Gasteiger partial charge in [0.2, 0.25) is 0 Å². The summed E-state index contributed by atoms with van der Waals surface area (Å²) in [7, 11) is -1.37. The third kappa shape index (κ3) is 3.82. The second kappa shape index (κ2) is 5.97. The molecule has 0 unspecified atom stereocenters. The lowest BCUT2D eigenvalue weighted by Crippen LogP contribution is -2.12. The van der Waals surface area contributed by atoms with Crippen molar-refractivity contribution >= 4 is 27.0 Å². The fraction of sp³-hybridized carbons (Fsp3) is 0.133. The summed E-state index contributed by atoms with van der Waals surface area (Å²) in [6.45, 7) is 0. The Hall–Kier alpha value is -2.34. The molecule has 0 aromatic heterocycles. The highest BCUT2D eigenvalue weighted by molar-refractivity contribution is 7.90. The number of rotatable bonds is 4. The molecule has 0 saturated carbocycles. The molecule has 2 rings (SSSR count). The lowest BCUT2D eigenvalue weighted by atomic mass is 10.2. The molecule has 21 heavy (non-hydrogen) atoms. The Kier molecular flexibility index (Phi) is 4.28. The normalized spacial score (nSPS) is 12.2. The van der Waals surface area contributed by atoms with Crippen LogP contribution in [-0.4, -0.2) is 27.6 Å². The standard InChI is InChI=1S/C15H17N3O2S/c1-17-13-5-3-4-11(10-13)15(16)18-12-6-8-14(9-7-12)21(2,19)20/h3-10,17H,1-2H3,(H2,16,18). The van der Waals surface area contributed by atoms with E-state index in [0.29, 0.717) is 11.5 Å². The highest BCUT2D eigenvalue weighted by atomic mass is 32.2. The fourth-order valence-corrected chi connectivity index (χ4v) is 2.44. The van der Waals surface area contributed by atoms with Crippen molar-refractivity contribution in [3.8, 4) is 0 Å². The van der Waals surface area contributed by atoms with Gasteiger partial charge in [-0.3, -0.25) is 0 Å². The van der Waals surface area contributed by atoms with E-state index in [0.717, 1.165) is 11.3 Å². The summed E-state index contributed by atoms with van der Waals surface area (Å²) in [4.78, 5) is 4.56. The van der Waals surface area contributed by atoms with Crippen molar-refractivity contribution in [1.29, 1.82) is 0 Å². The molecular formula is C15H17N3O2S. The van der Waals surface area contributed by atoms with Gasteiger partial charge in [-0.2, -0.15) is 0 Å². The van der Waals surface area contributed by atoms with Crippen LogP contribution in [0.4, 0.5) is 11.4 Å².